The molecular weight excluding hydrogens is 156 g/mol. The van der Waals surface area contributed by atoms with Gasteiger partial charge in [0, 0.05) is 0 Å². The number of allylic oxidation sites excluding steroid dienone is 1. The van der Waals surface area contributed by atoms with Crippen molar-refractivity contribution in [2.75, 3.05) is 0 Å². The fourth-order valence-corrected chi connectivity index (χ4v) is 1.72. The summed E-state index contributed by atoms with van der Waals surface area (Å²) < 4.78 is 0. The summed E-state index contributed by atoms with van der Waals surface area (Å²) in [6, 6.07) is 0. The molecule has 0 heteroatoms. The van der Waals surface area contributed by atoms with Crippen LogP contribution in [0.4, 0.5) is 0 Å². The van der Waals surface area contributed by atoms with Crippen molar-refractivity contribution in [1.29, 1.82) is 0 Å². The molecule has 0 bridgehead atoms. The predicted molar refractivity (Wildman–Crippen MR) is 61.8 cm³/mol. The van der Waals surface area contributed by atoms with E-state index in [-0.39, 0.29) is 0 Å². The van der Waals surface area contributed by atoms with Crippen LogP contribution in [0.5, 0.6) is 0 Å². The lowest BCUT2D eigenvalue weighted by Crippen LogP contribution is -2.01. The third kappa shape index (κ3) is 8.08. The second-order valence-electron chi connectivity index (χ2n) is 4.88. The van der Waals surface area contributed by atoms with Crippen molar-refractivity contribution in [2.24, 2.45) is 17.8 Å². The van der Waals surface area contributed by atoms with Crippen LogP contribution < -0.4 is 0 Å². The Labute approximate surface area is 84.4 Å². The SMILES string of the molecule is C=CC(C)CC(C)CCCC(C)C. The molecule has 0 N–H and O–H groups in total. The molecule has 0 aromatic carbocycles. The van der Waals surface area contributed by atoms with Crippen LogP contribution in [-0.4, -0.2) is 0 Å². The zero-order valence-electron chi connectivity index (χ0n) is 9.84. The van der Waals surface area contributed by atoms with Crippen LogP contribution in [0, 0.1) is 17.8 Å². The Balaban J connectivity index is 3.39. The van der Waals surface area contributed by atoms with Crippen molar-refractivity contribution in [3.63, 3.8) is 0 Å². The second-order valence-corrected chi connectivity index (χ2v) is 4.88. The summed E-state index contributed by atoms with van der Waals surface area (Å²) in [5, 5.41) is 0. The highest BCUT2D eigenvalue weighted by molar-refractivity contribution is 4.76. The van der Waals surface area contributed by atoms with Gasteiger partial charge in [-0.15, -0.1) is 6.58 Å². The van der Waals surface area contributed by atoms with Gasteiger partial charge in [-0.25, -0.2) is 0 Å². The van der Waals surface area contributed by atoms with E-state index in [0.29, 0.717) is 5.92 Å². The zero-order valence-corrected chi connectivity index (χ0v) is 9.84. The summed E-state index contributed by atoms with van der Waals surface area (Å²) in [4.78, 5) is 0. The number of rotatable bonds is 7. The molecule has 0 heterocycles. The molecule has 0 aromatic rings. The van der Waals surface area contributed by atoms with Gasteiger partial charge in [-0.2, -0.15) is 0 Å². The monoisotopic (exact) mass is 182 g/mol. The molecule has 2 atom stereocenters. The highest BCUT2D eigenvalue weighted by atomic mass is 14.1. The van der Waals surface area contributed by atoms with Crippen molar-refractivity contribution < 1.29 is 0 Å². The summed E-state index contributed by atoms with van der Waals surface area (Å²) in [6.45, 7) is 13.0. The molecule has 0 nitrogen and oxygen atoms in total. The molecule has 0 aliphatic heterocycles. The van der Waals surface area contributed by atoms with Gasteiger partial charge in [0.2, 0.25) is 0 Å². The van der Waals surface area contributed by atoms with E-state index >= 15 is 0 Å². The van der Waals surface area contributed by atoms with E-state index in [1.54, 1.807) is 0 Å². The highest BCUT2D eigenvalue weighted by Crippen LogP contribution is 2.19. The summed E-state index contributed by atoms with van der Waals surface area (Å²) >= 11 is 0. The van der Waals surface area contributed by atoms with Crippen molar-refractivity contribution in [1.82, 2.24) is 0 Å². The van der Waals surface area contributed by atoms with Gasteiger partial charge in [0.25, 0.3) is 0 Å². The Kier molecular flexibility index (Phi) is 7.03. The molecular formula is C13H26. The number of hydrogen-bond donors (Lipinski definition) is 0. The smallest absolute Gasteiger partial charge is 0.0262 e. The van der Waals surface area contributed by atoms with Crippen LogP contribution in [-0.2, 0) is 0 Å². The molecule has 0 saturated heterocycles. The van der Waals surface area contributed by atoms with Crippen molar-refractivity contribution in [2.45, 2.75) is 53.4 Å². The largest absolute Gasteiger partial charge is 0.103 e. The Morgan fingerprint density at radius 3 is 2.15 bits per heavy atom. The van der Waals surface area contributed by atoms with Crippen molar-refractivity contribution >= 4 is 0 Å². The maximum atomic E-state index is 3.82. The van der Waals surface area contributed by atoms with E-state index < -0.39 is 0 Å². The van der Waals surface area contributed by atoms with Gasteiger partial charge in [-0.1, -0.05) is 53.0 Å². The summed E-state index contributed by atoms with van der Waals surface area (Å²) in [5.41, 5.74) is 0. The van der Waals surface area contributed by atoms with Gasteiger partial charge in [0.1, 0.15) is 0 Å². The Hall–Kier alpha value is -0.260. The Bertz CT molecular complexity index is 124. The minimum atomic E-state index is 0.689. The lowest BCUT2D eigenvalue weighted by molar-refractivity contribution is 0.404. The molecule has 0 rings (SSSR count). The van der Waals surface area contributed by atoms with Crippen LogP contribution in [0.2, 0.25) is 0 Å². The Morgan fingerprint density at radius 1 is 1.08 bits per heavy atom. The van der Waals surface area contributed by atoms with Gasteiger partial charge < -0.3 is 0 Å². The van der Waals surface area contributed by atoms with E-state index in [9.17, 15) is 0 Å². The maximum Gasteiger partial charge on any atom is -0.0262 e. The van der Waals surface area contributed by atoms with Gasteiger partial charge in [0.15, 0.2) is 0 Å². The third-order valence-corrected chi connectivity index (χ3v) is 2.65. The van der Waals surface area contributed by atoms with Gasteiger partial charge in [-0.3, -0.25) is 0 Å². The van der Waals surface area contributed by atoms with Crippen LogP contribution in [0.1, 0.15) is 53.4 Å². The lowest BCUT2D eigenvalue weighted by atomic mass is 9.92. The van der Waals surface area contributed by atoms with E-state index in [1.165, 1.54) is 25.7 Å². The molecule has 0 aliphatic carbocycles. The summed E-state index contributed by atoms with van der Waals surface area (Å²) in [7, 11) is 0. The average molecular weight is 182 g/mol. The molecule has 78 valence electrons. The van der Waals surface area contributed by atoms with Gasteiger partial charge >= 0.3 is 0 Å². The maximum absolute atomic E-state index is 3.82. The average Bonchev–Trinajstić information content (AvgIpc) is 2.03. The van der Waals surface area contributed by atoms with E-state index in [2.05, 4.69) is 40.3 Å². The molecule has 0 saturated carbocycles. The number of hydrogen-bond acceptors (Lipinski definition) is 0. The van der Waals surface area contributed by atoms with E-state index in [4.69, 9.17) is 0 Å². The fourth-order valence-electron chi connectivity index (χ4n) is 1.72. The highest BCUT2D eigenvalue weighted by Gasteiger charge is 2.06. The second kappa shape index (κ2) is 7.17. The summed E-state index contributed by atoms with van der Waals surface area (Å²) in [6.07, 6.45) is 7.53. The van der Waals surface area contributed by atoms with E-state index in [1.807, 2.05) is 0 Å². The third-order valence-electron chi connectivity index (χ3n) is 2.65. The predicted octanol–water partition coefficient (Wildman–Crippen LogP) is 4.66. The minimum Gasteiger partial charge on any atom is -0.103 e. The molecule has 13 heavy (non-hydrogen) atoms. The van der Waals surface area contributed by atoms with Crippen molar-refractivity contribution in [3.05, 3.63) is 12.7 Å². The van der Waals surface area contributed by atoms with E-state index in [0.717, 1.165) is 11.8 Å². The molecule has 2 unspecified atom stereocenters. The fraction of sp³-hybridized carbons (Fsp3) is 0.846. The first kappa shape index (κ1) is 12.7. The minimum absolute atomic E-state index is 0.689. The molecule has 0 aliphatic rings. The quantitative estimate of drug-likeness (QED) is 0.502. The zero-order chi connectivity index (χ0) is 10.3. The molecule has 0 aromatic heterocycles. The van der Waals surface area contributed by atoms with Crippen LogP contribution in [0.15, 0.2) is 12.7 Å². The lowest BCUT2D eigenvalue weighted by Gasteiger charge is -2.14. The molecule has 0 radical (unpaired) electrons. The Morgan fingerprint density at radius 2 is 1.69 bits per heavy atom. The van der Waals surface area contributed by atoms with Crippen molar-refractivity contribution in [3.8, 4) is 0 Å². The standard InChI is InChI=1S/C13H26/c1-6-12(4)10-13(5)9-7-8-11(2)3/h6,11-13H,1,7-10H2,2-5H3. The molecule has 0 fully saturated rings. The first-order valence-corrected chi connectivity index (χ1v) is 5.68. The topological polar surface area (TPSA) is 0 Å². The van der Waals surface area contributed by atoms with Crippen LogP contribution in [0.3, 0.4) is 0 Å². The molecule has 0 spiro atoms. The first-order valence-electron chi connectivity index (χ1n) is 5.68. The normalized spacial score (nSPS) is 15.8. The van der Waals surface area contributed by atoms with Crippen LogP contribution in [0.25, 0.3) is 0 Å². The summed E-state index contributed by atoms with van der Waals surface area (Å²) in [5.74, 6) is 2.42. The van der Waals surface area contributed by atoms with Crippen LogP contribution >= 0.6 is 0 Å². The van der Waals surface area contributed by atoms with Gasteiger partial charge in [-0.05, 0) is 24.2 Å². The molecule has 0 amide bonds. The van der Waals surface area contributed by atoms with Gasteiger partial charge in [0.05, 0.1) is 0 Å². The first-order chi connectivity index (χ1) is 6.06.